The zero-order chi connectivity index (χ0) is 18.1. The van der Waals surface area contributed by atoms with Crippen LogP contribution in [0.15, 0.2) is 46.6 Å². The van der Waals surface area contributed by atoms with E-state index in [4.69, 9.17) is 4.42 Å². The summed E-state index contributed by atoms with van der Waals surface area (Å²) < 4.78 is 18.4. The molecule has 1 N–H and O–H groups in total. The van der Waals surface area contributed by atoms with Crippen LogP contribution in [0.1, 0.15) is 30.7 Å². The van der Waals surface area contributed by atoms with Crippen LogP contribution >= 0.6 is 0 Å². The van der Waals surface area contributed by atoms with Crippen molar-refractivity contribution >= 4 is 17.4 Å². The molecule has 2 aromatic rings. The average Bonchev–Trinajstić information content (AvgIpc) is 3.15. The van der Waals surface area contributed by atoms with Gasteiger partial charge in [-0.1, -0.05) is 12.1 Å². The molecule has 1 aromatic heterocycles. The third-order valence-electron chi connectivity index (χ3n) is 4.25. The lowest BCUT2D eigenvalue weighted by atomic mass is 10.0. The van der Waals surface area contributed by atoms with Crippen molar-refractivity contribution in [1.82, 2.24) is 4.90 Å². The monoisotopic (exact) mass is 343 g/mol. The van der Waals surface area contributed by atoms with Crippen molar-refractivity contribution in [3.05, 3.63) is 64.9 Å². The molecule has 1 fully saturated rings. The summed E-state index contributed by atoms with van der Waals surface area (Å²) in [5.74, 6) is -1.44. The van der Waals surface area contributed by atoms with E-state index in [1.807, 2.05) is 13.8 Å². The number of aliphatic hydroxyl groups excluding tert-OH is 1. The Morgan fingerprint density at radius 2 is 1.92 bits per heavy atom. The number of rotatable bonds is 4. The topological polar surface area (TPSA) is 70.8 Å². The molecule has 1 saturated heterocycles. The lowest BCUT2D eigenvalue weighted by molar-refractivity contribution is -0.140. The number of amides is 1. The molecular formula is C19H18FNO4. The predicted octanol–water partition coefficient (Wildman–Crippen LogP) is 3.10. The number of benzene rings is 1. The molecule has 2 heterocycles. The Morgan fingerprint density at radius 1 is 1.24 bits per heavy atom. The van der Waals surface area contributed by atoms with E-state index in [0.29, 0.717) is 17.7 Å². The molecule has 1 amide bonds. The second-order valence-electron chi connectivity index (χ2n) is 6.24. The second-order valence-corrected chi connectivity index (χ2v) is 6.24. The lowest BCUT2D eigenvalue weighted by Gasteiger charge is -2.18. The number of carbonyl (C=O) groups is 2. The van der Waals surface area contributed by atoms with E-state index in [-0.39, 0.29) is 29.7 Å². The summed E-state index contributed by atoms with van der Waals surface area (Å²) in [6, 6.07) is 7.35. The zero-order valence-corrected chi connectivity index (χ0v) is 14.0. The fraction of sp³-hybridized carbons (Fsp3) is 0.263. The number of Topliss-reactive ketones (excluding diaryl/α,β-unsaturated/α-hetero) is 1. The van der Waals surface area contributed by atoms with Gasteiger partial charge in [-0.25, -0.2) is 4.39 Å². The number of nitrogens with zero attached hydrogens (tertiary/aromatic N) is 1. The van der Waals surface area contributed by atoms with E-state index in [9.17, 15) is 19.1 Å². The lowest BCUT2D eigenvalue weighted by Crippen LogP contribution is -2.33. The average molecular weight is 343 g/mol. The minimum absolute atomic E-state index is 0.0699. The molecule has 130 valence electrons. The summed E-state index contributed by atoms with van der Waals surface area (Å²) in [5.41, 5.74) is 1.24. The maximum atomic E-state index is 13.0. The fourth-order valence-corrected chi connectivity index (χ4v) is 2.81. The van der Waals surface area contributed by atoms with Crippen molar-refractivity contribution < 1.29 is 23.5 Å². The Morgan fingerprint density at radius 3 is 2.52 bits per heavy atom. The molecule has 1 aromatic carbocycles. The number of ketones is 1. The van der Waals surface area contributed by atoms with Gasteiger partial charge in [0.2, 0.25) is 0 Å². The Balaban J connectivity index is 1.92. The Kier molecular flexibility index (Phi) is 4.44. The van der Waals surface area contributed by atoms with Gasteiger partial charge in [0, 0.05) is 12.5 Å². The molecule has 5 nitrogen and oxygen atoms in total. The number of hydrogen-bond acceptors (Lipinski definition) is 4. The molecule has 0 atom stereocenters. The first-order chi connectivity index (χ1) is 11.9. The molecule has 0 bridgehead atoms. The number of halogens is 1. The number of likely N-dealkylation sites (tertiary alicyclic amines) is 1. The van der Waals surface area contributed by atoms with Crippen molar-refractivity contribution in [2.75, 3.05) is 6.54 Å². The summed E-state index contributed by atoms with van der Waals surface area (Å²) in [4.78, 5) is 25.6. The van der Waals surface area contributed by atoms with Gasteiger partial charge in [-0.3, -0.25) is 9.59 Å². The highest BCUT2D eigenvalue weighted by molar-refractivity contribution is 6.46. The van der Waals surface area contributed by atoms with Gasteiger partial charge in [-0.15, -0.1) is 0 Å². The van der Waals surface area contributed by atoms with Gasteiger partial charge in [0.15, 0.2) is 0 Å². The van der Waals surface area contributed by atoms with Crippen LogP contribution < -0.4 is 0 Å². The van der Waals surface area contributed by atoms with Gasteiger partial charge in [-0.2, -0.15) is 0 Å². The van der Waals surface area contributed by atoms with Crippen molar-refractivity contribution in [2.24, 2.45) is 0 Å². The van der Waals surface area contributed by atoms with Crippen molar-refractivity contribution in [1.29, 1.82) is 0 Å². The largest absolute Gasteiger partial charge is 0.507 e. The van der Waals surface area contributed by atoms with Crippen molar-refractivity contribution in [2.45, 2.75) is 26.3 Å². The smallest absolute Gasteiger partial charge is 0.295 e. The molecule has 6 heteroatoms. The third kappa shape index (κ3) is 3.20. The molecule has 0 aliphatic carbocycles. The van der Waals surface area contributed by atoms with Gasteiger partial charge >= 0.3 is 0 Å². The van der Waals surface area contributed by atoms with Gasteiger partial charge in [0.25, 0.3) is 11.7 Å². The van der Waals surface area contributed by atoms with Gasteiger partial charge in [-0.05, 0) is 37.6 Å². The van der Waals surface area contributed by atoms with Crippen LogP contribution in [0.5, 0.6) is 0 Å². The molecule has 0 radical (unpaired) electrons. The summed E-state index contributed by atoms with van der Waals surface area (Å²) >= 11 is 0. The van der Waals surface area contributed by atoms with E-state index < -0.39 is 11.7 Å². The van der Waals surface area contributed by atoms with Crippen LogP contribution in [0.25, 0.3) is 5.76 Å². The van der Waals surface area contributed by atoms with Crippen LogP contribution in [0.4, 0.5) is 4.39 Å². The molecule has 0 saturated carbocycles. The first-order valence-corrected chi connectivity index (χ1v) is 7.97. The standard InChI is InChI=1S/C19H18FNO4/c1-11(2)21-10-15(18(23)19(21)24)17(22)14-7-8-25-16(14)9-12-3-5-13(20)6-4-12/h3-8,11,22H,9-10H2,1-2H3/b17-15-. The molecule has 1 aliphatic rings. The number of carbonyl (C=O) groups excluding carboxylic acids is 2. The van der Waals surface area contributed by atoms with E-state index >= 15 is 0 Å². The van der Waals surface area contributed by atoms with E-state index in [1.165, 1.54) is 23.3 Å². The van der Waals surface area contributed by atoms with E-state index in [0.717, 1.165) is 5.56 Å². The normalized spacial score (nSPS) is 16.9. The van der Waals surface area contributed by atoms with Crippen molar-refractivity contribution in [3.8, 4) is 0 Å². The summed E-state index contributed by atoms with van der Waals surface area (Å²) in [6.07, 6.45) is 1.74. The van der Waals surface area contributed by atoms with Crippen molar-refractivity contribution in [3.63, 3.8) is 0 Å². The first kappa shape index (κ1) is 17.0. The maximum absolute atomic E-state index is 13.0. The fourth-order valence-electron chi connectivity index (χ4n) is 2.81. The quantitative estimate of drug-likeness (QED) is 0.526. The van der Waals surface area contributed by atoms with E-state index in [2.05, 4.69) is 0 Å². The van der Waals surface area contributed by atoms with Gasteiger partial charge in [0.1, 0.15) is 17.3 Å². The highest BCUT2D eigenvalue weighted by atomic mass is 19.1. The number of hydrogen-bond donors (Lipinski definition) is 1. The minimum atomic E-state index is -0.694. The SMILES string of the molecule is CC(C)N1C/C(=C(/O)c2ccoc2Cc2ccc(F)cc2)C(=O)C1=O. The molecule has 1 aliphatic heterocycles. The van der Waals surface area contributed by atoms with E-state index in [1.54, 1.807) is 18.2 Å². The Labute approximate surface area is 144 Å². The van der Waals surface area contributed by atoms with Gasteiger partial charge < -0.3 is 14.4 Å². The first-order valence-electron chi connectivity index (χ1n) is 7.97. The summed E-state index contributed by atoms with van der Waals surface area (Å²) in [7, 11) is 0. The van der Waals surface area contributed by atoms with Crippen LogP contribution in [-0.4, -0.2) is 34.3 Å². The maximum Gasteiger partial charge on any atom is 0.295 e. The van der Waals surface area contributed by atoms with Crippen LogP contribution in [0.2, 0.25) is 0 Å². The second kappa shape index (κ2) is 6.55. The Hall–Kier alpha value is -2.89. The molecular weight excluding hydrogens is 325 g/mol. The molecule has 3 rings (SSSR count). The Bertz CT molecular complexity index is 849. The number of aliphatic hydroxyl groups is 1. The highest BCUT2D eigenvalue weighted by Crippen LogP contribution is 2.28. The van der Waals surface area contributed by atoms with Crippen LogP contribution in [0.3, 0.4) is 0 Å². The van der Waals surface area contributed by atoms with Crippen LogP contribution in [-0.2, 0) is 16.0 Å². The minimum Gasteiger partial charge on any atom is -0.507 e. The highest BCUT2D eigenvalue weighted by Gasteiger charge is 2.38. The third-order valence-corrected chi connectivity index (χ3v) is 4.25. The van der Waals surface area contributed by atoms with Gasteiger partial charge in [0.05, 0.1) is 23.9 Å². The molecule has 25 heavy (non-hydrogen) atoms. The predicted molar refractivity (Wildman–Crippen MR) is 89.3 cm³/mol. The molecule has 0 unspecified atom stereocenters. The summed E-state index contributed by atoms with van der Waals surface area (Å²) in [6.45, 7) is 3.69. The summed E-state index contributed by atoms with van der Waals surface area (Å²) in [5, 5.41) is 10.6. The number of furan rings is 1. The zero-order valence-electron chi connectivity index (χ0n) is 14.0. The van der Waals surface area contributed by atoms with Crippen LogP contribution in [0, 0.1) is 5.82 Å². The molecule has 0 spiro atoms.